The summed E-state index contributed by atoms with van der Waals surface area (Å²) in [5.74, 6) is 0. The van der Waals surface area contributed by atoms with Gasteiger partial charge in [-0.05, 0) is 56.1 Å². The van der Waals surface area contributed by atoms with Crippen molar-refractivity contribution in [2.24, 2.45) is 0 Å². The molecule has 132 valence electrons. The number of nitrogens with zero attached hydrogens (tertiary/aromatic N) is 2. The van der Waals surface area contributed by atoms with Gasteiger partial charge in [-0.3, -0.25) is 0 Å². The molecule has 1 aromatic carbocycles. The molecule has 2 nitrogen and oxygen atoms in total. The minimum Gasteiger partial charge on any atom is -0.172 e. The van der Waals surface area contributed by atoms with Crippen LogP contribution in [0.3, 0.4) is 0 Å². The molecule has 6 rings (SSSR count). The summed E-state index contributed by atoms with van der Waals surface area (Å²) >= 11 is 15.6. The van der Waals surface area contributed by atoms with Gasteiger partial charge >= 0.3 is 0 Å². The number of hydrogen-bond donors (Lipinski definition) is 0. The Morgan fingerprint density at radius 1 is 0.593 bits per heavy atom. The second-order valence-electron chi connectivity index (χ2n) is 5.90. The summed E-state index contributed by atoms with van der Waals surface area (Å²) in [6.45, 7) is 0. The number of thiophene rings is 4. The number of halogens is 2. The van der Waals surface area contributed by atoms with Crippen LogP contribution in [-0.4, -0.2) is 8.75 Å². The Bertz CT molecular complexity index is 1290. The van der Waals surface area contributed by atoms with Crippen molar-refractivity contribution < 1.29 is 0 Å². The molecule has 0 aliphatic carbocycles. The first-order chi connectivity index (χ1) is 13.2. The Balaban J connectivity index is 1.54. The Labute approximate surface area is 190 Å². The van der Waals surface area contributed by atoms with E-state index >= 15 is 0 Å². The van der Waals surface area contributed by atoms with Crippen LogP contribution in [0.25, 0.3) is 50.7 Å². The highest BCUT2D eigenvalue weighted by atomic mass is 79.9. The zero-order chi connectivity index (χ0) is 18.1. The van der Waals surface area contributed by atoms with Crippen LogP contribution < -0.4 is 0 Å². The van der Waals surface area contributed by atoms with Crippen molar-refractivity contribution in [1.29, 1.82) is 0 Å². The molecule has 0 radical (unpaired) electrons. The molecule has 0 bridgehead atoms. The standard InChI is InChI=1S/C18H6Br2N2S5/c19-15-5-13-11(25-15)3-9(23-13)7-1-2-8(18-17(7)21-27-22-18)10-4-12-14(24-10)6-16(20)26-12/h1-6H. The minimum absolute atomic E-state index is 1.00. The number of hydrogen-bond acceptors (Lipinski definition) is 7. The van der Waals surface area contributed by atoms with Crippen molar-refractivity contribution in [3.63, 3.8) is 0 Å². The molecule has 0 saturated heterocycles. The van der Waals surface area contributed by atoms with E-state index in [-0.39, 0.29) is 0 Å². The maximum absolute atomic E-state index is 4.64. The van der Waals surface area contributed by atoms with Crippen LogP contribution in [0.4, 0.5) is 0 Å². The SMILES string of the molecule is Brc1cc2sc(-c3ccc(-c4cc5sc(Br)cc5s4)c4nsnc34)cc2s1. The highest BCUT2D eigenvalue weighted by molar-refractivity contribution is 9.11. The first kappa shape index (κ1) is 17.2. The fourth-order valence-electron chi connectivity index (χ4n) is 3.14. The van der Waals surface area contributed by atoms with Crippen LogP contribution in [-0.2, 0) is 0 Å². The van der Waals surface area contributed by atoms with E-state index in [0.29, 0.717) is 0 Å². The van der Waals surface area contributed by atoms with E-state index in [1.165, 1.54) is 59.0 Å². The predicted octanol–water partition coefficient (Wildman–Crippen LogP) is 9.10. The molecular weight excluding hydrogens is 564 g/mol. The molecule has 9 heteroatoms. The molecule has 5 aromatic heterocycles. The van der Waals surface area contributed by atoms with Crippen LogP contribution >= 0.6 is 88.9 Å². The molecule has 0 aliphatic rings. The highest BCUT2D eigenvalue weighted by Crippen LogP contribution is 2.45. The van der Waals surface area contributed by atoms with Crippen LogP contribution in [0.1, 0.15) is 0 Å². The zero-order valence-corrected chi connectivity index (χ0v) is 20.4. The monoisotopic (exact) mass is 568 g/mol. The molecule has 0 fully saturated rings. The molecule has 0 unspecified atom stereocenters. The Hall–Kier alpha value is -0.680. The summed E-state index contributed by atoms with van der Waals surface area (Å²) < 4.78 is 16.9. The lowest BCUT2D eigenvalue weighted by Gasteiger charge is -2.03. The van der Waals surface area contributed by atoms with Crippen LogP contribution in [0, 0.1) is 0 Å². The molecular formula is C18H6Br2N2S5. The average Bonchev–Trinajstić information content (AvgIpc) is 3.38. The summed E-state index contributed by atoms with van der Waals surface area (Å²) in [5, 5.41) is 0. The third-order valence-electron chi connectivity index (χ3n) is 4.30. The third-order valence-corrected chi connectivity index (χ3v) is 10.5. The molecule has 0 saturated carbocycles. The van der Waals surface area contributed by atoms with Crippen LogP contribution in [0.5, 0.6) is 0 Å². The highest BCUT2D eigenvalue weighted by Gasteiger charge is 2.17. The quantitative estimate of drug-likeness (QED) is 0.208. The van der Waals surface area contributed by atoms with Crippen molar-refractivity contribution in [3.8, 4) is 20.9 Å². The van der Waals surface area contributed by atoms with Gasteiger partial charge in [0.05, 0.1) is 19.3 Å². The normalized spacial score (nSPS) is 12.1. The fourth-order valence-corrected chi connectivity index (χ4v) is 9.82. The predicted molar refractivity (Wildman–Crippen MR) is 130 cm³/mol. The lowest BCUT2D eigenvalue weighted by Crippen LogP contribution is -1.81. The molecule has 27 heavy (non-hydrogen) atoms. The second-order valence-corrected chi connectivity index (χ2v) is 13.5. The fraction of sp³-hybridized carbons (Fsp3) is 0. The maximum atomic E-state index is 4.64. The summed E-state index contributed by atoms with van der Waals surface area (Å²) in [6, 6.07) is 13.3. The van der Waals surface area contributed by atoms with E-state index in [2.05, 4.69) is 77.0 Å². The third kappa shape index (κ3) is 2.78. The molecule has 0 atom stereocenters. The Morgan fingerprint density at radius 2 is 1.04 bits per heavy atom. The lowest BCUT2D eigenvalue weighted by atomic mass is 10.1. The Morgan fingerprint density at radius 3 is 1.48 bits per heavy atom. The van der Waals surface area contributed by atoms with Gasteiger partial charge in [0.2, 0.25) is 0 Å². The van der Waals surface area contributed by atoms with Gasteiger partial charge in [-0.15, -0.1) is 45.3 Å². The van der Waals surface area contributed by atoms with E-state index in [9.17, 15) is 0 Å². The maximum Gasteiger partial charge on any atom is 0.114 e. The van der Waals surface area contributed by atoms with E-state index in [1.54, 1.807) is 22.7 Å². The topological polar surface area (TPSA) is 25.8 Å². The molecule has 6 aromatic rings. The van der Waals surface area contributed by atoms with Crippen molar-refractivity contribution in [2.75, 3.05) is 0 Å². The molecule has 0 aliphatic heterocycles. The van der Waals surface area contributed by atoms with Gasteiger partial charge in [0.15, 0.2) is 0 Å². The van der Waals surface area contributed by atoms with Gasteiger partial charge in [0.25, 0.3) is 0 Å². The van der Waals surface area contributed by atoms with Gasteiger partial charge in [-0.2, -0.15) is 8.75 Å². The number of aromatic nitrogens is 2. The van der Waals surface area contributed by atoms with Crippen molar-refractivity contribution in [2.45, 2.75) is 0 Å². The van der Waals surface area contributed by atoms with Gasteiger partial charge in [0.1, 0.15) is 11.0 Å². The van der Waals surface area contributed by atoms with Gasteiger partial charge in [0, 0.05) is 39.7 Å². The molecule has 0 N–H and O–H groups in total. The second kappa shape index (κ2) is 6.41. The zero-order valence-electron chi connectivity index (χ0n) is 13.2. The summed E-state index contributed by atoms with van der Waals surface area (Å²) in [4.78, 5) is 2.51. The first-order valence-corrected chi connectivity index (χ1v) is 13.4. The molecule has 0 amide bonds. The van der Waals surface area contributed by atoms with Crippen molar-refractivity contribution >= 4 is 119 Å². The van der Waals surface area contributed by atoms with E-state index < -0.39 is 0 Å². The first-order valence-electron chi connectivity index (χ1n) is 7.79. The van der Waals surface area contributed by atoms with Gasteiger partial charge < -0.3 is 0 Å². The molecule has 5 heterocycles. The van der Waals surface area contributed by atoms with Gasteiger partial charge in [-0.25, -0.2) is 0 Å². The summed E-state index contributed by atoms with van der Waals surface area (Å²) in [5.41, 5.74) is 4.35. The lowest BCUT2D eigenvalue weighted by molar-refractivity contribution is 1.64. The number of rotatable bonds is 2. The Kier molecular flexibility index (Phi) is 4.09. The van der Waals surface area contributed by atoms with E-state index in [0.717, 1.165) is 11.0 Å². The van der Waals surface area contributed by atoms with E-state index in [1.807, 2.05) is 22.7 Å². The molecule has 0 spiro atoms. The minimum atomic E-state index is 1.00. The number of fused-ring (bicyclic) bond motifs is 3. The van der Waals surface area contributed by atoms with Crippen molar-refractivity contribution in [3.05, 3.63) is 44.0 Å². The van der Waals surface area contributed by atoms with Crippen molar-refractivity contribution in [1.82, 2.24) is 8.75 Å². The largest absolute Gasteiger partial charge is 0.172 e. The van der Waals surface area contributed by atoms with Gasteiger partial charge in [-0.1, -0.05) is 12.1 Å². The van der Waals surface area contributed by atoms with E-state index in [4.69, 9.17) is 0 Å². The average molecular weight is 570 g/mol. The summed E-state index contributed by atoms with van der Waals surface area (Å²) in [7, 11) is 0. The van der Waals surface area contributed by atoms with Crippen LogP contribution in [0.15, 0.2) is 44.0 Å². The van der Waals surface area contributed by atoms with Crippen LogP contribution in [0.2, 0.25) is 0 Å². The summed E-state index contributed by atoms with van der Waals surface area (Å²) in [6.07, 6.45) is 0. The number of benzene rings is 1. The smallest absolute Gasteiger partial charge is 0.114 e.